The molecule has 0 aromatic heterocycles. The van der Waals surface area contributed by atoms with Crippen LogP contribution in [0.15, 0.2) is 54.6 Å². The Kier molecular flexibility index (Phi) is 7.54. The summed E-state index contributed by atoms with van der Waals surface area (Å²) in [7, 11) is 0. The minimum Gasteiger partial charge on any atom is -0.459 e. The maximum Gasteiger partial charge on any atom is 0.338 e. The van der Waals surface area contributed by atoms with E-state index in [9.17, 15) is 4.79 Å². The number of unbranched alkanes of at least 4 members (excludes halogenated alkanes) is 1. The topological polar surface area (TPSA) is 26.3 Å². The summed E-state index contributed by atoms with van der Waals surface area (Å²) >= 11 is 0. The molecule has 0 aliphatic carbocycles. The summed E-state index contributed by atoms with van der Waals surface area (Å²) < 4.78 is 5.64. The standard InChI is InChI=1S/C22H28O2/c1-3-11-20-16-9-10-17-21(20)22(23)24-18(2)12-7-8-15-19-13-5-4-6-14-19/h4-6,9-10,13-14,16-18H,3,7-8,11-12,15H2,1-2H3. The second kappa shape index (κ2) is 9.92. The maximum atomic E-state index is 12.4. The van der Waals surface area contributed by atoms with Gasteiger partial charge in [0.2, 0.25) is 0 Å². The molecule has 2 nitrogen and oxygen atoms in total. The molecule has 0 heterocycles. The lowest BCUT2D eigenvalue weighted by Crippen LogP contribution is -2.16. The third-order valence-electron chi connectivity index (χ3n) is 4.23. The van der Waals surface area contributed by atoms with Gasteiger partial charge in [0.1, 0.15) is 0 Å². The van der Waals surface area contributed by atoms with Crippen molar-refractivity contribution in [3.8, 4) is 0 Å². The Labute approximate surface area is 145 Å². The fourth-order valence-electron chi connectivity index (χ4n) is 2.92. The number of esters is 1. The SMILES string of the molecule is CCCc1ccccc1C(=O)OC(C)CCCCc1ccccc1. The van der Waals surface area contributed by atoms with Crippen LogP contribution >= 0.6 is 0 Å². The number of aryl methyl sites for hydroxylation is 2. The number of rotatable bonds is 9. The van der Waals surface area contributed by atoms with Crippen LogP contribution in [0.1, 0.15) is 61.0 Å². The van der Waals surface area contributed by atoms with Crippen LogP contribution in [-0.4, -0.2) is 12.1 Å². The second-order valence-corrected chi connectivity index (χ2v) is 6.35. The van der Waals surface area contributed by atoms with Crippen molar-refractivity contribution in [2.45, 2.75) is 58.5 Å². The van der Waals surface area contributed by atoms with Crippen LogP contribution in [0.5, 0.6) is 0 Å². The van der Waals surface area contributed by atoms with Crippen molar-refractivity contribution in [1.82, 2.24) is 0 Å². The molecule has 0 saturated heterocycles. The van der Waals surface area contributed by atoms with Crippen LogP contribution in [0, 0.1) is 0 Å². The van der Waals surface area contributed by atoms with Crippen LogP contribution in [0.3, 0.4) is 0 Å². The summed E-state index contributed by atoms with van der Waals surface area (Å²) in [5, 5.41) is 0. The summed E-state index contributed by atoms with van der Waals surface area (Å²) in [6, 6.07) is 18.3. The summed E-state index contributed by atoms with van der Waals surface area (Å²) in [6.45, 7) is 4.11. The molecule has 24 heavy (non-hydrogen) atoms. The number of carbonyl (C=O) groups is 1. The molecule has 2 rings (SSSR count). The quantitative estimate of drug-likeness (QED) is 0.443. The molecule has 0 amide bonds. The first kappa shape index (κ1) is 18.3. The number of ether oxygens (including phenoxy) is 1. The minimum atomic E-state index is -0.186. The van der Waals surface area contributed by atoms with E-state index in [4.69, 9.17) is 4.74 Å². The maximum absolute atomic E-state index is 12.4. The van der Waals surface area contributed by atoms with E-state index >= 15 is 0 Å². The molecule has 0 aliphatic heterocycles. The van der Waals surface area contributed by atoms with E-state index < -0.39 is 0 Å². The van der Waals surface area contributed by atoms with Crippen LogP contribution < -0.4 is 0 Å². The zero-order chi connectivity index (χ0) is 17.2. The van der Waals surface area contributed by atoms with E-state index in [2.05, 4.69) is 31.2 Å². The zero-order valence-corrected chi connectivity index (χ0v) is 14.8. The zero-order valence-electron chi connectivity index (χ0n) is 14.8. The fraction of sp³-hybridized carbons (Fsp3) is 0.409. The van der Waals surface area contributed by atoms with E-state index in [0.29, 0.717) is 0 Å². The van der Waals surface area contributed by atoms with Crippen LogP contribution in [0.4, 0.5) is 0 Å². The summed E-state index contributed by atoms with van der Waals surface area (Å²) in [5.74, 6) is -0.186. The fourth-order valence-corrected chi connectivity index (χ4v) is 2.92. The summed E-state index contributed by atoms with van der Waals surface area (Å²) in [5.41, 5.74) is 3.17. The number of hydrogen-bond donors (Lipinski definition) is 0. The first-order chi connectivity index (χ1) is 11.7. The normalized spacial score (nSPS) is 11.9. The van der Waals surface area contributed by atoms with Crippen molar-refractivity contribution < 1.29 is 9.53 Å². The van der Waals surface area contributed by atoms with E-state index in [-0.39, 0.29) is 12.1 Å². The second-order valence-electron chi connectivity index (χ2n) is 6.35. The monoisotopic (exact) mass is 324 g/mol. The highest BCUT2D eigenvalue weighted by molar-refractivity contribution is 5.91. The van der Waals surface area contributed by atoms with Crippen molar-refractivity contribution in [3.63, 3.8) is 0 Å². The third-order valence-corrected chi connectivity index (χ3v) is 4.23. The van der Waals surface area contributed by atoms with Crippen molar-refractivity contribution in [2.24, 2.45) is 0 Å². The number of carbonyl (C=O) groups excluding carboxylic acids is 1. The average molecular weight is 324 g/mol. The predicted molar refractivity (Wildman–Crippen MR) is 99.3 cm³/mol. The Morgan fingerprint density at radius 2 is 1.67 bits per heavy atom. The van der Waals surface area contributed by atoms with Crippen LogP contribution in [0.2, 0.25) is 0 Å². The first-order valence-electron chi connectivity index (χ1n) is 9.03. The molecule has 0 N–H and O–H groups in total. The highest BCUT2D eigenvalue weighted by atomic mass is 16.5. The van der Waals surface area contributed by atoms with Gasteiger partial charge in [0, 0.05) is 0 Å². The van der Waals surface area contributed by atoms with Gasteiger partial charge in [0.15, 0.2) is 0 Å². The smallest absolute Gasteiger partial charge is 0.338 e. The van der Waals surface area contributed by atoms with Crippen LogP contribution in [-0.2, 0) is 17.6 Å². The largest absolute Gasteiger partial charge is 0.459 e. The summed E-state index contributed by atoms with van der Waals surface area (Å²) in [6.07, 6.45) is 6.09. The van der Waals surface area contributed by atoms with Crippen molar-refractivity contribution in [2.75, 3.05) is 0 Å². The van der Waals surface area contributed by atoms with Gasteiger partial charge in [0.05, 0.1) is 11.7 Å². The number of benzene rings is 2. The molecule has 0 radical (unpaired) electrons. The van der Waals surface area contributed by atoms with Gasteiger partial charge < -0.3 is 4.74 Å². The molecule has 0 fully saturated rings. The Morgan fingerprint density at radius 3 is 2.42 bits per heavy atom. The molecule has 2 aromatic rings. The van der Waals surface area contributed by atoms with Crippen molar-refractivity contribution in [1.29, 1.82) is 0 Å². The van der Waals surface area contributed by atoms with Gasteiger partial charge in [-0.25, -0.2) is 4.79 Å². The molecule has 2 aromatic carbocycles. The van der Waals surface area contributed by atoms with Gasteiger partial charge in [0.25, 0.3) is 0 Å². The van der Waals surface area contributed by atoms with E-state index in [1.165, 1.54) is 5.56 Å². The average Bonchev–Trinajstić information content (AvgIpc) is 2.60. The summed E-state index contributed by atoms with van der Waals surface area (Å²) in [4.78, 5) is 12.4. The molecule has 0 aliphatic rings. The van der Waals surface area contributed by atoms with E-state index in [0.717, 1.165) is 49.7 Å². The molecule has 1 atom stereocenters. The number of hydrogen-bond acceptors (Lipinski definition) is 2. The van der Waals surface area contributed by atoms with Gasteiger partial charge in [-0.2, -0.15) is 0 Å². The van der Waals surface area contributed by atoms with Crippen molar-refractivity contribution >= 4 is 5.97 Å². The predicted octanol–water partition coefficient (Wildman–Crippen LogP) is 5.60. The molecule has 1 unspecified atom stereocenters. The van der Waals surface area contributed by atoms with E-state index in [1.807, 2.05) is 37.3 Å². The molecule has 2 heteroatoms. The highest BCUT2D eigenvalue weighted by Gasteiger charge is 2.14. The van der Waals surface area contributed by atoms with Gasteiger partial charge in [-0.05, 0) is 56.2 Å². The Bertz CT molecular complexity index is 619. The molecule has 0 spiro atoms. The van der Waals surface area contributed by atoms with Gasteiger partial charge in [-0.1, -0.05) is 61.9 Å². The molecule has 128 valence electrons. The molecular formula is C22H28O2. The highest BCUT2D eigenvalue weighted by Crippen LogP contribution is 2.15. The lowest BCUT2D eigenvalue weighted by Gasteiger charge is -2.15. The Hall–Kier alpha value is -2.09. The van der Waals surface area contributed by atoms with Gasteiger partial charge >= 0.3 is 5.97 Å². The lowest BCUT2D eigenvalue weighted by atomic mass is 10.0. The molecule has 0 bridgehead atoms. The Morgan fingerprint density at radius 1 is 0.958 bits per heavy atom. The molecule has 0 saturated carbocycles. The molecular weight excluding hydrogens is 296 g/mol. The first-order valence-corrected chi connectivity index (χ1v) is 9.03. The Balaban J connectivity index is 1.75. The van der Waals surface area contributed by atoms with Gasteiger partial charge in [-0.15, -0.1) is 0 Å². The lowest BCUT2D eigenvalue weighted by molar-refractivity contribution is 0.0318. The van der Waals surface area contributed by atoms with Crippen molar-refractivity contribution in [3.05, 3.63) is 71.3 Å². The third kappa shape index (κ3) is 5.84. The van der Waals surface area contributed by atoms with E-state index in [1.54, 1.807) is 0 Å². The minimum absolute atomic E-state index is 0.0389. The van der Waals surface area contributed by atoms with Crippen LogP contribution in [0.25, 0.3) is 0 Å². The van der Waals surface area contributed by atoms with Gasteiger partial charge in [-0.3, -0.25) is 0 Å².